The molecule has 9 heteroatoms. The van der Waals surface area contributed by atoms with Crippen molar-refractivity contribution in [3.05, 3.63) is 0 Å². The van der Waals surface area contributed by atoms with Crippen molar-refractivity contribution in [1.82, 2.24) is 4.90 Å². The first-order valence-electron chi connectivity index (χ1n) is 6.42. The average Bonchev–Trinajstić information content (AvgIpc) is 2.36. The quantitative estimate of drug-likeness (QED) is 0.389. The Hall–Kier alpha value is -1.97. The average molecular weight is 316 g/mol. The van der Waals surface area contributed by atoms with Crippen LogP contribution in [-0.2, 0) is 24.0 Å². The summed E-state index contributed by atoms with van der Waals surface area (Å²) in [6.45, 7) is 5.91. The summed E-state index contributed by atoms with van der Waals surface area (Å²) < 4.78 is 0. The second-order valence-electron chi connectivity index (χ2n) is 4.71. The molecule has 0 aliphatic rings. The number of nitrogens with two attached hydrogens (primary N) is 3. The van der Waals surface area contributed by atoms with Crippen LogP contribution in [0.4, 0.5) is 0 Å². The number of rotatable bonds is 5. The van der Waals surface area contributed by atoms with Gasteiger partial charge in [0, 0.05) is 20.4 Å². The lowest BCUT2D eigenvalue weighted by atomic mass is 9.99. The predicted octanol–water partition coefficient (Wildman–Crippen LogP) is -1.92. The number of hydrogen-bond donors (Lipinski definition) is 3. The highest BCUT2D eigenvalue weighted by Crippen LogP contribution is 2.13. The highest BCUT2D eigenvalue weighted by Gasteiger charge is 2.46. The molecular formula is C13H24N4O5. The molecule has 0 aliphatic heterocycles. The summed E-state index contributed by atoms with van der Waals surface area (Å²) in [6.07, 6.45) is 0. The third-order valence-electron chi connectivity index (χ3n) is 2.83. The number of Topliss-reactive ketones (excluding diaryl/α,β-unsaturated/α-hetero) is 3. The summed E-state index contributed by atoms with van der Waals surface area (Å²) in [5, 5.41) is 0. The monoisotopic (exact) mass is 316 g/mol. The van der Waals surface area contributed by atoms with Crippen LogP contribution in [0, 0.1) is 0 Å². The molecule has 0 saturated heterocycles. The number of ketones is 3. The maximum atomic E-state index is 11.3. The molecule has 0 aromatic carbocycles. The molecule has 0 bridgehead atoms. The summed E-state index contributed by atoms with van der Waals surface area (Å²) in [5.41, 5.74) is 13.5. The summed E-state index contributed by atoms with van der Waals surface area (Å²) in [5.74, 6) is -3.03. The second kappa shape index (κ2) is 9.13. The van der Waals surface area contributed by atoms with Crippen molar-refractivity contribution in [2.24, 2.45) is 17.2 Å². The zero-order valence-electron chi connectivity index (χ0n) is 13.5. The van der Waals surface area contributed by atoms with E-state index in [2.05, 4.69) is 0 Å². The highest BCUT2D eigenvalue weighted by atomic mass is 16.2. The zero-order chi connectivity index (χ0) is 18.2. The van der Waals surface area contributed by atoms with Crippen LogP contribution in [0.3, 0.4) is 0 Å². The van der Waals surface area contributed by atoms with E-state index in [9.17, 15) is 24.0 Å². The zero-order valence-corrected chi connectivity index (χ0v) is 13.5. The van der Waals surface area contributed by atoms with Crippen LogP contribution < -0.4 is 17.2 Å². The molecule has 2 amide bonds. The molecule has 22 heavy (non-hydrogen) atoms. The molecule has 0 radical (unpaired) electrons. The maximum Gasteiger partial charge on any atom is 0.228 e. The van der Waals surface area contributed by atoms with Crippen LogP contribution in [0.1, 0.15) is 34.6 Å². The fourth-order valence-corrected chi connectivity index (χ4v) is 1.45. The first-order chi connectivity index (χ1) is 9.83. The molecule has 6 N–H and O–H groups in total. The summed E-state index contributed by atoms with van der Waals surface area (Å²) in [4.78, 5) is 55.5. The van der Waals surface area contributed by atoms with Gasteiger partial charge in [-0.2, -0.15) is 0 Å². The van der Waals surface area contributed by atoms with Crippen LogP contribution in [0.15, 0.2) is 0 Å². The number of amides is 2. The van der Waals surface area contributed by atoms with Crippen molar-refractivity contribution in [3.63, 3.8) is 0 Å². The lowest BCUT2D eigenvalue weighted by Gasteiger charge is -2.33. The Morgan fingerprint density at radius 3 is 1.27 bits per heavy atom. The molecule has 0 heterocycles. The molecule has 0 fully saturated rings. The van der Waals surface area contributed by atoms with Gasteiger partial charge >= 0.3 is 0 Å². The standard InChI is InChI=1S/C9H14N2O4.C4H10N2O/c1-5(12)9(10,6(2)13)11(7(3)14)8(4)15;1-3(7)4(6)2-5/h10H2,1-4H3;4H,2,5-6H2,1H3. The molecule has 0 aromatic rings. The number of carbonyl (C=O) groups is 5. The first-order valence-corrected chi connectivity index (χ1v) is 6.42. The molecule has 0 saturated carbocycles. The van der Waals surface area contributed by atoms with E-state index in [1.165, 1.54) is 6.92 Å². The second-order valence-corrected chi connectivity index (χ2v) is 4.71. The van der Waals surface area contributed by atoms with Gasteiger partial charge in [-0.3, -0.25) is 29.7 Å². The summed E-state index contributed by atoms with van der Waals surface area (Å²) in [6, 6.07) is -0.458. The van der Waals surface area contributed by atoms with E-state index in [1.807, 2.05) is 0 Å². The third-order valence-corrected chi connectivity index (χ3v) is 2.83. The number of imide groups is 1. The van der Waals surface area contributed by atoms with Crippen LogP contribution in [0.2, 0.25) is 0 Å². The van der Waals surface area contributed by atoms with E-state index in [-0.39, 0.29) is 12.3 Å². The van der Waals surface area contributed by atoms with Gasteiger partial charge in [0.15, 0.2) is 11.6 Å². The lowest BCUT2D eigenvalue weighted by molar-refractivity contribution is -0.160. The fourth-order valence-electron chi connectivity index (χ4n) is 1.45. The van der Waals surface area contributed by atoms with Gasteiger partial charge in [-0.25, -0.2) is 4.90 Å². The van der Waals surface area contributed by atoms with Gasteiger partial charge in [0.2, 0.25) is 17.5 Å². The van der Waals surface area contributed by atoms with Gasteiger partial charge in [0.1, 0.15) is 5.78 Å². The van der Waals surface area contributed by atoms with Gasteiger partial charge < -0.3 is 11.5 Å². The summed E-state index contributed by atoms with van der Waals surface area (Å²) in [7, 11) is 0. The fraction of sp³-hybridized carbons (Fsp3) is 0.615. The molecule has 1 unspecified atom stereocenters. The Labute approximate surface area is 129 Å². The molecule has 0 aliphatic carbocycles. The van der Waals surface area contributed by atoms with E-state index in [0.717, 1.165) is 27.7 Å². The van der Waals surface area contributed by atoms with Gasteiger partial charge in [0.25, 0.3) is 0 Å². The maximum absolute atomic E-state index is 11.3. The minimum absolute atomic E-state index is 0.0532. The van der Waals surface area contributed by atoms with Crippen molar-refractivity contribution in [3.8, 4) is 0 Å². The Balaban J connectivity index is 0. The Morgan fingerprint density at radius 1 is 0.909 bits per heavy atom. The van der Waals surface area contributed by atoms with Crippen molar-refractivity contribution >= 4 is 29.2 Å². The summed E-state index contributed by atoms with van der Waals surface area (Å²) >= 11 is 0. The molecule has 126 valence electrons. The number of nitrogens with zero attached hydrogens (tertiary/aromatic N) is 1. The first kappa shape index (κ1) is 22.3. The van der Waals surface area contributed by atoms with Gasteiger partial charge in [0.05, 0.1) is 6.04 Å². The van der Waals surface area contributed by atoms with Crippen LogP contribution in [0.5, 0.6) is 0 Å². The molecular weight excluding hydrogens is 292 g/mol. The van der Waals surface area contributed by atoms with Gasteiger partial charge in [-0.05, 0) is 20.8 Å². The minimum atomic E-state index is -2.18. The van der Waals surface area contributed by atoms with E-state index in [0.29, 0.717) is 4.90 Å². The molecule has 0 spiro atoms. The lowest BCUT2D eigenvalue weighted by Crippen LogP contribution is -2.68. The number of carbonyl (C=O) groups excluding carboxylic acids is 5. The normalized spacial score (nSPS) is 11.6. The minimum Gasteiger partial charge on any atom is -0.328 e. The number of hydrogen-bond acceptors (Lipinski definition) is 8. The van der Waals surface area contributed by atoms with Crippen LogP contribution >= 0.6 is 0 Å². The predicted molar refractivity (Wildman–Crippen MR) is 79.2 cm³/mol. The Morgan fingerprint density at radius 2 is 1.23 bits per heavy atom. The van der Waals surface area contributed by atoms with E-state index in [1.54, 1.807) is 0 Å². The topological polar surface area (TPSA) is 167 Å². The van der Waals surface area contributed by atoms with Gasteiger partial charge in [-0.1, -0.05) is 0 Å². The Bertz CT molecular complexity index is 447. The molecule has 0 rings (SSSR count). The van der Waals surface area contributed by atoms with E-state index in [4.69, 9.17) is 17.2 Å². The third kappa shape index (κ3) is 5.80. The van der Waals surface area contributed by atoms with Crippen molar-refractivity contribution in [2.75, 3.05) is 6.54 Å². The SMILES string of the molecule is CC(=O)C(N)CN.CC(=O)N(C(C)=O)C(N)(C(C)=O)C(C)=O. The molecule has 1 atom stereocenters. The van der Waals surface area contributed by atoms with Crippen LogP contribution in [-0.4, -0.2) is 52.3 Å². The highest BCUT2D eigenvalue weighted by molar-refractivity contribution is 6.15. The van der Waals surface area contributed by atoms with Crippen LogP contribution in [0.25, 0.3) is 0 Å². The van der Waals surface area contributed by atoms with Gasteiger partial charge in [-0.15, -0.1) is 0 Å². The van der Waals surface area contributed by atoms with Crippen molar-refractivity contribution in [2.45, 2.75) is 46.3 Å². The Kier molecular flexibility index (Phi) is 9.26. The molecule has 9 nitrogen and oxygen atoms in total. The van der Waals surface area contributed by atoms with E-state index >= 15 is 0 Å². The van der Waals surface area contributed by atoms with Crippen molar-refractivity contribution < 1.29 is 24.0 Å². The largest absolute Gasteiger partial charge is 0.328 e. The smallest absolute Gasteiger partial charge is 0.228 e. The van der Waals surface area contributed by atoms with E-state index < -0.39 is 35.1 Å². The molecule has 0 aromatic heterocycles. The van der Waals surface area contributed by atoms with Crippen molar-refractivity contribution in [1.29, 1.82) is 0 Å².